The number of nitrogen functional groups attached to an aromatic ring is 2. The minimum absolute atomic E-state index is 0.00753. The van der Waals surface area contributed by atoms with Crippen molar-refractivity contribution in [3.05, 3.63) is 41.7 Å². The van der Waals surface area contributed by atoms with Gasteiger partial charge in [0.1, 0.15) is 0 Å². The summed E-state index contributed by atoms with van der Waals surface area (Å²) in [6, 6.07) is 4.89. The van der Waals surface area contributed by atoms with Gasteiger partial charge in [0.15, 0.2) is 17.0 Å². The van der Waals surface area contributed by atoms with Crippen LogP contribution in [-0.2, 0) is 16.1 Å². The maximum absolute atomic E-state index is 12.3. The van der Waals surface area contributed by atoms with Crippen molar-refractivity contribution in [3.8, 4) is 0 Å². The van der Waals surface area contributed by atoms with Gasteiger partial charge >= 0.3 is 0 Å². The molecule has 3 aromatic rings. The van der Waals surface area contributed by atoms with Crippen molar-refractivity contribution in [2.24, 2.45) is 0 Å². The lowest BCUT2D eigenvalue weighted by molar-refractivity contribution is -0.870. The zero-order chi connectivity index (χ0) is 48.7. The average Bonchev–Trinajstić information content (AvgIpc) is 3.23. The number of quaternary nitrogens is 2. The molecule has 65 heavy (non-hydrogen) atoms. The molecular formula is C50H88N10O5. The molecule has 0 spiro atoms. The molecule has 0 aliphatic carbocycles. The quantitative estimate of drug-likeness (QED) is 0.0448. The first-order chi connectivity index (χ1) is 30.8. The van der Waals surface area contributed by atoms with E-state index in [9.17, 15) is 24.6 Å². The number of nitrogens with two attached hydrogens (primary N) is 2. The number of carboxylic acids is 2. The molecule has 0 bridgehead atoms. The summed E-state index contributed by atoms with van der Waals surface area (Å²) < 4.78 is 2.24. The number of benzene rings is 1. The Morgan fingerprint density at radius 3 is 1.52 bits per heavy atom. The zero-order valence-electron chi connectivity index (χ0n) is 42.0. The highest BCUT2D eigenvalue weighted by molar-refractivity contribution is 5.96. The molecule has 0 aliphatic rings. The highest BCUT2D eigenvalue weighted by Gasteiger charge is 2.16. The van der Waals surface area contributed by atoms with Gasteiger partial charge in [-0.15, -0.1) is 0 Å². The lowest BCUT2D eigenvalue weighted by Gasteiger charge is -2.23. The summed E-state index contributed by atoms with van der Waals surface area (Å²) in [5.74, 6) is -3.54. The highest BCUT2D eigenvalue weighted by Crippen LogP contribution is 2.19. The molecule has 0 radical (unpaired) electrons. The second-order valence-corrected chi connectivity index (χ2v) is 19.6. The summed E-state index contributed by atoms with van der Waals surface area (Å²) in [5, 5.41) is 23.9. The van der Waals surface area contributed by atoms with Crippen molar-refractivity contribution >= 4 is 46.5 Å². The summed E-state index contributed by atoms with van der Waals surface area (Å²) in [5.41, 5.74) is 13.6. The predicted octanol–water partition coefficient (Wildman–Crippen LogP) is 6.83. The number of carboxylic acid groups (broad SMARTS) is 2. The van der Waals surface area contributed by atoms with Crippen LogP contribution in [0.15, 0.2) is 30.5 Å². The van der Waals surface area contributed by atoms with Crippen molar-refractivity contribution in [1.82, 2.24) is 25.3 Å². The first-order valence-corrected chi connectivity index (χ1v) is 24.4. The molecule has 0 fully saturated rings. The molecular weight excluding hydrogens is 821 g/mol. The van der Waals surface area contributed by atoms with Crippen LogP contribution >= 0.6 is 0 Å². The van der Waals surface area contributed by atoms with Gasteiger partial charge in [-0.1, -0.05) is 117 Å². The number of carbonyl (C=O) groups excluding carboxylic acids is 3. The van der Waals surface area contributed by atoms with Crippen LogP contribution in [0.3, 0.4) is 0 Å². The van der Waals surface area contributed by atoms with E-state index in [1.54, 1.807) is 25.4 Å². The minimum Gasteiger partial charge on any atom is -0.550 e. The number of aliphatic carboxylic acids is 2. The van der Waals surface area contributed by atoms with Crippen LogP contribution in [0.1, 0.15) is 171 Å². The molecule has 15 nitrogen and oxygen atoms in total. The molecule has 2 heterocycles. The maximum Gasteiger partial charge on any atom is 0.251 e. The van der Waals surface area contributed by atoms with Gasteiger partial charge < -0.3 is 50.5 Å². The Kier molecular flexibility index (Phi) is 29.6. The van der Waals surface area contributed by atoms with Gasteiger partial charge in [0.25, 0.3) is 5.91 Å². The standard InChI is InChI=1S/C20H22N8O5.2C15H34N/c1-28(9-11-8-23-17-15(24-11)16(21)26-20(22)27-17)12-4-2-10(3-5-12)18(31)25-13(19(32)33)6-7-14(29)30;2*1-5-6-7-8-9-10-11-12-13-14-15-16(2,3)4/h2-5,8,13H,6-7,9H2,1H3,(H,25,31)(H,29,30)(H,32,33)(H4,21,22,23,26,27);2*5-15H2,1-4H3/q;2*+1/p-2/t13-;;/m0../s1. The number of anilines is 3. The number of fused-ring (bicyclic) bond motifs is 1. The van der Waals surface area contributed by atoms with Gasteiger partial charge in [-0.2, -0.15) is 9.97 Å². The summed E-state index contributed by atoms with van der Waals surface area (Å²) in [4.78, 5) is 52.3. The van der Waals surface area contributed by atoms with Crippen molar-refractivity contribution in [2.75, 3.05) is 78.8 Å². The number of hydrogen-bond donors (Lipinski definition) is 3. The Bertz CT molecular complexity index is 1730. The number of aromatic nitrogens is 4. The molecule has 0 saturated carbocycles. The fraction of sp³-hybridized carbons (Fsp3) is 0.700. The molecule has 1 amide bonds. The number of unbranched alkanes of at least 4 members (excludes halogenated alkanes) is 18. The van der Waals surface area contributed by atoms with Crippen LogP contribution in [0.25, 0.3) is 11.2 Å². The highest BCUT2D eigenvalue weighted by atomic mass is 16.4. The van der Waals surface area contributed by atoms with E-state index in [1.165, 1.54) is 154 Å². The van der Waals surface area contributed by atoms with E-state index in [-0.39, 0.29) is 29.4 Å². The number of nitrogens with one attached hydrogen (secondary N) is 1. The van der Waals surface area contributed by atoms with E-state index in [4.69, 9.17) is 11.5 Å². The summed E-state index contributed by atoms with van der Waals surface area (Å²) in [6.07, 6.45) is 29.5. The van der Waals surface area contributed by atoms with Crippen LogP contribution in [0.4, 0.5) is 17.5 Å². The van der Waals surface area contributed by atoms with Crippen LogP contribution in [0.5, 0.6) is 0 Å². The first kappa shape index (κ1) is 58.4. The van der Waals surface area contributed by atoms with E-state index >= 15 is 0 Å². The number of nitrogens with zero attached hydrogens (tertiary/aromatic N) is 7. The van der Waals surface area contributed by atoms with Crippen LogP contribution in [0, 0.1) is 0 Å². The smallest absolute Gasteiger partial charge is 0.251 e. The predicted molar refractivity (Wildman–Crippen MR) is 262 cm³/mol. The summed E-state index contributed by atoms with van der Waals surface area (Å²) >= 11 is 0. The zero-order valence-corrected chi connectivity index (χ0v) is 42.0. The van der Waals surface area contributed by atoms with E-state index < -0.39 is 30.3 Å². The van der Waals surface area contributed by atoms with E-state index in [2.05, 4.69) is 81.4 Å². The van der Waals surface area contributed by atoms with Crippen LogP contribution in [-0.4, -0.2) is 115 Å². The number of carbonyl (C=O) groups is 3. The Morgan fingerprint density at radius 1 is 0.662 bits per heavy atom. The fourth-order valence-electron chi connectivity index (χ4n) is 7.16. The van der Waals surface area contributed by atoms with Gasteiger partial charge in [-0.05, 0) is 62.8 Å². The second-order valence-electron chi connectivity index (χ2n) is 19.6. The van der Waals surface area contributed by atoms with E-state index in [1.807, 2.05) is 4.90 Å². The van der Waals surface area contributed by atoms with Gasteiger partial charge in [0.05, 0.1) is 85.8 Å². The maximum atomic E-state index is 12.3. The third-order valence-corrected chi connectivity index (χ3v) is 11.1. The van der Waals surface area contributed by atoms with Gasteiger partial charge in [-0.25, -0.2) is 9.97 Å². The third kappa shape index (κ3) is 29.5. The SMILES string of the molecule is CCCCCCCCCCCC[N+](C)(C)C.CCCCCCCCCCCC[N+](C)(C)C.CN(Cc1cnc2nc(N)nc(N)c2n1)c1ccc(C(=O)N[C@@H](CCC(=O)[O-])C(=O)[O-])cc1. The van der Waals surface area contributed by atoms with Gasteiger partial charge in [-0.3, -0.25) is 4.79 Å². The van der Waals surface area contributed by atoms with Crippen LogP contribution < -0.4 is 31.9 Å². The molecule has 0 saturated heterocycles. The Balaban J connectivity index is 0.000000554. The fourth-order valence-corrected chi connectivity index (χ4v) is 7.16. The Hall–Kier alpha value is -4.63. The van der Waals surface area contributed by atoms with Gasteiger partial charge in [0.2, 0.25) is 5.95 Å². The molecule has 0 aliphatic heterocycles. The summed E-state index contributed by atoms with van der Waals surface area (Å²) in [7, 11) is 15.5. The van der Waals surface area contributed by atoms with E-state index in [0.717, 1.165) is 14.7 Å². The molecule has 1 aromatic carbocycles. The number of rotatable bonds is 31. The number of amides is 1. The molecule has 0 unspecified atom stereocenters. The molecule has 15 heteroatoms. The molecule has 2 aromatic heterocycles. The van der Waals surface area contributed by atoms with Crippen LogP contribution in [0.2, 0.25) is 0 Å². The van der Waals surface area contributed by atoms with Crippen molar-refractivity contribution in [2.45, 2.75) is 168 Å². The Labute approximate surface area is 392 Å². The largest absolute Gasteiger partial charge is 0.550 e. The average molecular weight is 909 g/mol. The Morgan fingerprint density at radius 2 is 1.11 bits per heavy atom. The monoisotopic (exact) mass is 909 g/mol. The topological polar surface area (TPSA) is 216 Å². The van der Waals surface area contributed by atoms with Gasteiger partial charge in [0, 0.05) is 24.3 Å². The minimum atomic E-state index is -1.58. The summed E-state index contributed by atoms with van der Waals surface area (Å²) in [6.45, 7) is 7.59. The lowest BCUT2D eigenvalue weighted by Crippen LogP contribution is -2.48. The second kappa shape index (κ2) is 32.9. The molecule has 368 valence electrons. The number of hydrogen-bond acceptors (Lipinski definition) is 12. The lowest BCUT2D eigenvalue weighted by atomic mass is 10.1. The normalized spacial score (nSPS) is 11.8. The molecule has 5 N–H and O–H groups in total. The van der Waals surface area contributed by atoms with Crippen molar-refractivity contribution in [1.29, 1.82) is 0 Å². The third-order valence-electron chi connectivity index (χ3n) is 11.1. The molecule has 3 rings (SSSR count). The van der Waals surface area contributed by atoms with Crippen molar-refractivity contribution < 1.29 is 33.6 Å². The molecule has 1 atom stereocenters. The first-order valence-electron chi connectivity index (χ1n) is 24.4. The van der Waals surface area contributed by atoms with E-state index in [0.29, 0.717) is 17.8 Å². The van der Waals surface area contributed by atoms with Crippen molar-refractivity contribution in [3.63, 3.8) is 0 Å².